The summed E-state index contributed by atoms with van der Waals surface area (Å²) in [4.78, 5) is 16.8. The van der Waals surface area contributed by atoms with Crippen LogP contribution in [0.5, 0.6) is 0 Å². The number of carbonyl (C=O) groups excluding carboxylic acids is 1. The zero-order valence-corrected chi connectivity index (χ0v) is 16.5. The van der Waals surface area contributed by atoms with E-state index in [0.717, 1.165) is 57.1 Å². The van der Waals surface area contributed by atoms with E-state index in [9.17, 15) is 4.79 Å². The van der Waals surface area contributed by atoms with Crippen LogP contribution in [-0.2, 0) is 17.8 Å². The van der Waals surface area contributed by atoms with Crippen LogP contribution in [0.3, 0.4) is 0 Å². The highest BCUT2D eigenvalue weighted by molar-refractivity contribution is 6.30. The summed E-state index contributed by atoms with van der Waals surface area (Å²) in [5.74, 6) is 0.134. The second-order valence-electron chi connectivity index (χ2n) is 7.12. The third kappa shape index (κ3) is 6.98. The van der Waals surface area contributed by atoms with Crippen LogP contribution >= 0.6 is 11.6 Å². The Morgan fingerprint density at radius 3 is 2.26 bits per heavy atom. The highest BCUT2D eigenvalue weighted by Gasteiger charge is 2.18. The molecule has 3 rings (SSSR count). The van der Waals surface area contributed by atoms with E-state index in [1.54, 1.807) is 0 Å². The van der Waals surface area contributed by atoms with Crippen LogP contribution in [0, 0.1) is 0 Å². The Labute approximate surface area is 167 Å². The number of aryl methyl sites for hydroxylation is 1. The Balaban J connectivity index is 1.29. The summed E-state index contributed by atoms with van der Waals surface area (Å²) in [6, 6.07) is 18.4. The minimum Gasteiger partial charge on any atom is -0.355 e. The molecule has 5 heteroatoms. The first-order valence-corrected chi connectivity index (χ1v) is 10.1. The standard InChI is InChI=1S/C22H28ClN3O/c23-21-10-8-20(9-11-21)17-25-13-15-26(16-14-25)18-22(27)24-12-4-7-19-5-2-1-3-6-19/h1-3,5-6,8-11H,4,7,12-18H2,(H,24,27). The zero-order valence-electron chi connectivity index (χ0n) is 15.7. The van der Waals surface area contributed by atoms with Crippen molar-refractivity contribution in [2.24, 2.45) is 0 Å². The fraction of sp³-hybridized carbons (Fsp3) is 0.409. The summed E-state index contributed by atoms with van der Waals surface area (Å²) in [5, 5.41) is 3.83. The first-order chi connectivity index (χ1) is 13.2. The highest BCUT2D eigenvalue weighted by Crippen LogP contribution is 2.12. The predicted octanol–water partition coefficient (Wildman–Crippen LogP) is 3.21. The van der Waals surface area contributed by atoms with Crippen LogP contribution in [0.2, 0.25) is 5.02 Å². The highest BCUT2D eigenvalue weighted by atomic mass is 35.5. The molecule has 2 aromatic carbocycles. The summed E-state index contributed by atoms with van der Waals surface area (Å²) in [5.41, 5.74) is 2.60. The quantitative estimate of drug-likeness (QED) is 0.709. The third-order valence-electron chi connectivity index (χ3n) is 4.96. The molecule has 0 unspecified atom stereocenters. The lowest BCUT2D eigenvalue weighted by atomic mass is 10.1. The topological polar surface area (TPSA) is 35.6 Å². The summed E-state index contributed by atoms with van der Waals surface area (Å²) < 4.78 is 0. The second kappa shape index (κ2) is 10.5. The molecular formula is C22H28ClN3O. The Kier molecular flexibility index (Phi) is 7.69. The normalized spacial score (nSPS) is 15.6. The van der Waals surface area contributed by atoms with Crippen molar-refractivity contribution in [3.05, 3.63) is 70.7 Å². The molecule has 1 saturated heterocycles. The number of piperazine rings is 1. The molecule has 1 heterocycles. The largest absolute Gasteiger partial charge is 0.355 e. The van der Waals surface area contributed by atoms with Crippen molar-refractivity contribution in [2.45, 2.75) is 19.4 Å². The van der Waals surface area contributed by atoms with Crippen molar-refractivity contribution in [2.75, 3.05) is 39.3 Å². The Hall–Kier alpha value is -1.88. The number of hydrogen-bond donors (Lipinski definition) is 1. The van der Waals surface area contributed by atoms with E-state index in [1.165, 1.54) is 11.1 Å². The average Bonchev–Trinajstić information content (AvgIpc) is 2.69. The van der Waals surface area contributed by atoms with Gasteiger partial charge in [0.15, 0.2) is 0 Å². The van der Waals surface area contributed by atoms with E-state index in [1.807, 2.05) is 18.2 Å². The molecule has 1 fully saturated rings. The SMILES string of the molecule is O=C(CN1CCN(Cc2ccc(Cl)cc2)CC1)NCCCc1ccccc1. The molecule has 0 radical (unpaired) electrons. The first-order valence-electron chi connectivity index (χ1n) is 9.69. The van der Waals surface area contributed by atoms with Gasteiger partial charge in [0.2, 0.25) is 5.91 Å². The lowest BCUT2D eigenvalue weighted by Crippen LogP contribution is -2.49. The minimum atomic E-state index is 0.134. The van der Waals surface area contributed by atoms with E-state index in [4.69, 9.17) is 11.6 Å². The molecule has 1 aliphatic rings. The summed E-state index contributed by atoms with van der Waals surface area (Å²) in [6.45, 7) is 6.03. The fourth-order valence-electron chi connectivity index (χ4n) is 3.38. The van der Waals surface area contributed by atoms with Crippen molar-refractivity contribution in [3.8, 4) is 0 Å². The van der Waals surface area contributed by atoms with Crippen molar-refractivity contribution in [1.29, 1.82) is 0 Å². The van der Waals surface area contributed by atoms with Gasteiger partial charge in [-0.15, -0.1) is 0 Å². The van der Waals surface area contributed by atoms with Crippen molar-refractivity contribution < 1.29 is 4.79 Å². The monoisotopic (exact) mass is 385 g/mol. The van der Waals surface area contributed by atoms with Crippen molar-refractivity contribution >= 4 is 17.5 Å². The second-order valence-corrected chi connectivity index (χ2v) is 7.55. The smallest absolute Gasteiger partial charge is 0.234 e. The van der Waals surface area contributed by atoms with Crippen molar-refractivity contribution in [1.82, 2.24) is 15.1 Å². The van der Waals surface area contributed by atoms with Gasteiger partial charge in [0.25, 0.3) is 0 Å². The maximum Gasteiger partial charge on any atom is 0.234 e. The molecule has 144 valence electrons. The molecule has 0 aliphatic carbocycles. The maximum atomic E-state index is 12.1. The molecule has 1 aliphatic heterocycles. The van der Waals surface area contributed by atoms with E-state index in [-0.39, 0.29) is 5.91 Å². The fourth-order valence-corrected chi connectivity index (χ4v) is 3.50. The minimum absolute atomic E-state index is 0.134. The van der Waals surface area contributed by atoms with Crippen LogP contribution < -0.4 is 5.32 Å². The van der Waals surface area contributed by atoms with Crippen molar-refractivity contribution in [3.63, 3.8) is 0 Å². The number of halogens is 1. The molecule has 0 atom stereocenters. The average molecular weight is 386 g/mol. The van der Waals surface area contributed by atoms with Gasteiger partial charge in [-0.1, -0.05) is 54.1 Å². The van der Waals surface area contributed by atoms with Gasteiger partial charge in [-0.05, 0) is 36.1 Å². The van der Waals surface area contributed by atoms with Gasteiger partial charge in [-0.3, -0.25) is 14.6 Å². The number of rotatable bonds is 8. The van der Waals surface area contributed by atoms with E-state index < -0.39 is 0 Å². The number of nitrogens with zero attached hydrogens (tertiary/aromatic N) is 2. The zero-order chi connectivity index (χ0) is 18.9. The third-order valence-corrected chi connectivity index (χ3v) is 5.21. The number of hydrogen-bond acceptors (Lipinski definition) is 3. The molecule has 27 heavy (non-hydrogen) atoms. The van der Waals surface area contributed by atoms with Crippen LogP contribution in [0.4, 0.5) is 0 Å². The van der Waals surface area contributed by atoms with E-state index in [0.29, 0.717) is 6.54 Å². The molecule has 1 amide bonds. The number of benzene rings is 2. The predicted molar refractivity (Wildman–Crippen MR) is 111 cm³/mol. The number of amides is 1. The summed E-state index contributed by atoms with van der Waals surface area (Å²) >= 11 is 5.94. The molecular weight excluding hydrogens is 358 g/mol. The van der Waals surface area contributed by atoms with Crippen LogP contribution in [0.15, 0.2) is 54.6 Å². The van der Waals surface area contributed by atoms with Gasteiger partial charge in [0, 0.05) is 44.3 Å². The van der Waals surface area contributed by atoms with Gasteiger partial charge in [-0.25, -0.2) is 0 Å². The number of carbonyl (C=O) groups is 1. The van der Waals surface area contributed by atoms with Crippen LogP contribution in [0.25, 0.3) is 0 Å². The Bertz CT molecular complexity index is 697. The maximum absolute atomic E-state index is 12.1. The molecule has 0 aromatic heterocycles. The molecule has 0 saturated carbocycles. The number of nitrogens with one attached hydrogen (secondary N) is 1. The van der Waals surface area contributed by atoms with E-state index >= 15 is 0 Å². The molecule has 1 N–H and O–H groups in total. The molecule has 2 aromatic rings. The van der Waals surface area contributed by atoms with Crippen LogP contribution in [-0.4, -0.2) is 55.0 Å². The Morgan fingerprint density at radius 2 is 1.56 bits per heavy atom. The van der Waals surface area contributed by atoms with Gasteiger partial charge < -0.3 is 5.32 Å². The molecule has 0 spiro atoms. The Morgan fingerprint density at radius 1 is 0.889 bits per heavy atom. The molecule has 4 nitrogen and oxygen atoms in total. The van der Waals surface area contributed by atoms with E-state index in [2.05, 4.69) is 51.5 Å². The molecule has 0 bridgehead atoms. The first kappa shape index (κ1) is 19.9. The van der Waals surface area contributed by atoms with Gasteiger partial charge in [0.05, 0.1) is 6.54 Å². The van der Waals surface area contributed by atoms with Gasteiger partial charge in [0.1, 0.15) is 0 Å². The van der Waals surface area contributed by atoms with Gasteiger partial charge >= 0.3 is 0 Å². The lowest BCUT2D eigenvalue weighted by molar-refractivity contribution is -0.122. The lowest BCUT2D eigenvalue weighted by Gasteiger charge is -2.34. The van der Waals surface area contributed by atoms with Crippen LogP contribution in [0.1, 0.15) is 17.5 Å². The summed E-state index contributed by atoms with van der Waals surface area (Å²) in [6.07, 6.45) is 1.98. The summed E-state index contributed by atoms with van der Waals surface area (Å²) in [7, 11) is 0. The van der Waals surface area contributed by atoms with Gasteiger partial charge in [-0.2, -0.15) is 0 Å².